The molecule has 0 aliphatic heterocycles. The molecule has 0 aliphatic carbocycles. The van der Waals surface area contributed by atoms with E-state index >= 15 is 0 Å². The first-order valence-corrected chi connectivity index (χ1v) is 5.58. The van der Waals surface area contributed by atoms with Crippen LogP contribution >= 0.6 is 0 Å². The molecule has 4 nitrogen and oxygen atoms in total. The number of aromatic nitrogens is 1. The maximum atomic E-state index is 9.14. The molecular weight excluding hydrogens is 224 g/mol. The van der Waals surface area contributed by atoms with Crippen LogP contribution in [0.5, 0.6) is 0 Å². The van der Waals surface area contributed by atoms with Gasteiger partial charge in [0.1, 0.15) is 6.07 Å². The van der Waals surface area contributed by atoms with Crippen molar-refractivity contribution in [3.8, 4) is 6.07 Å². The number of hydrogen-bond donors (Lipinski definition) is 1. The molecule has 18 heavy (non-hydrogen) atoms. The minimum Gasteiger partial charge on any atom is -0.397 e. The lowest BCUT2D eigenvalue weighted by Crippen LogP contribution is -2.14. The molecule has 2 rings (SSSR count). The van der Waals surface area contributed by atoms with Gasteiger partial charge in [0.05, 0.1) is 17.4 Å². The molecule has 0 saturated heterocycles. The summed E-state index contributed by atoms with van der Waals surface area (Å²) in [4.78, 5) is 6.14. The maximum Gasteiger partial charge on any atom is 0.150 e. The second kappa shape index (κ2) is 4.76. The third-order valence-electron chi connectivity index (χ3n) is 2.80. The summed E-state index contributed by atoms with van der Waals surface area (Å²) < 4.78 is 0. The Kier molecular flexibility index (Phi) is 3.16. The monoisotopic (exact) mass is 238 g/mol. The zero-order valence-electron chi connectivity index (χ0n) is 10.4. The summed E-state index contributed by atoms with van der Waals surface area (Å²) in [6, 6.07) is 11.7. The molecule has 1 heterocycles. The molecule has 90 valence electrons. The number of nitriles is 1. The average Bonchev–Trinajstić information content (AvgIpc) is 2.38. The maximum absolute atomic E-state index is 9.14. The fraction of sp³-hybridized carbons (Fsp3) is 0.143. The van der Waals surface area contributed by atoms with Crippen LogP contribution in [-0.4, -0.2) is 12.0 Å². The largest absolute Gasteiger partial charge is 0.397 e. The van der Waals surface area contributed by atoms with E-state index in [1.54, 1.807) is 12.3 Å². The molecule has 1 aromatic carbocycles. The molecule has 2 aromatic rings. The number of aryl methyl sites for hydroxylation is 1. The summed E-state index contributed by atoms with van der Waals surface area (Å²) in [7, 11) is 1.89. The van der Waals surface area contributed by atoms with E-state index in [2.05, 4.69) is 11.1 Å². The Morgan fingerprint density at radius 2 is 2.06 bits per heavy atom. The molecule has 1 aromatic heterocycles. The lowest BCUT2D eigenvalue weighted by Gasteiger charge is -2.21. The van der Waals surface area contributed by atoms with Crippen molar-refractivity contribution < 1.29 is 0 Å². The van der Waals surface area contributed by atoms with Gasteiger partial charge < -0.3 is 10.6 Å². The van der Waals surface area contributed by atoms with Crippen molar-refractivity contribution >= 4 is 17.2 Å². The van der Waals surface area contributed by atoms with E-state index < -0.39 is 0 Å². The Labute approximate surface area is 106 Å². The summed E-state index contributed by atoms with van der Waals surface area (Å²) in [5.74, 6) is 0.612. The molecule has 2 N–H and O–H groups in total. The first kappa shape index (κ1) is 11.9. The van der Waals surface area contributed by atoms with Gasteiger partial charge in [0.25, 0.3) is 0 Å². The molecule has 0 saturated carbocycles. The van der Waals surface area contributed by atoms with Crippen molar-refractivity contribution in [2.24, 2.45) is 0 Å². The highest BCUT2D eigenvalue weighted by Gasteiger charge is 2.12. The summed E-state index contributed by atoms with van der Waals surface area (Å²) in [5.41, 5.74) is 8.75. The van der Waals surface area contributed by atoms with E-state index in [0.717, 1.165) is 11.3 Å². The van der Waals surface area contributed by atoms with Crippen LogP contribution in [-0.2, 0) is 0 Å². The minimum absolute atomic E-state index is 0.473. The van der Waals surface area contributed by atoms with Gasteiger partial charge in [-0.3, -0.25) is 0 Å². The molecule has 0 atom stereocenters. The third-order valence-corrected chi connectivity index (χ3v) is 2.80. The number of nitrogen functional groups attached to an aromatic ring is 1. The van der Waals surface area contributed by atoms with Crippen LogP contribution in [0.4, 0.5) is 17.2 Å². The minimum atomic E-state index is 0.473. The molecule has 0 aliphatic rings. The van der Waals surface area contributed by atoms with Gasteiger partial charge in [0.2, 0.25) is 0 Å². The van der Waals surface area contributed by atoms with E-state index in [4.69, 9.17) is 11.0 Å². The van der Waals surface area contributed by atoms with E-state index in [-0.39, 0.29) is 0 Å². The lowest BCUT2D eigenvalue weighted by atomic mass is 10.1. The zero-order chi connectivity index (χ0) is 13.1. The Bertz CT molecular complexity index is 613. The van der Waals surface area contributed by atoms with Crippen molar-refractivity contribution in [1.82, 2.24) is 4.98 Å². The number of pyridine rings is 1. The smallest absolute Gasteiger partial charge is 0.150 e. The average molecular weight is 238 g/mol. The standard InChI is InChI=1S/C14H14N4/c1-10-5-3-4-6-13(10)18(2)14-11(8-15)7-12(16)9-17-14/h3-7,9H,16H2,1-2H3. The molecule has 0 amide bonds. The Hall–Kier alpha value is -2.54. The second-order valence-electron chi connectivity index (χ2n) is 4.10. The van der Waals surface area contributed by atoms with Crippen LogP contribution in [0.2, 0.25) is 0 Å². The van der Waals surface area contributed by atoms with Crippen molar-refractivity contribution in [1.29, 1.82) is 5.26 Å². The highest BCUT2D eigenvalue weighted by Crippen LogP contribution is 2.27. The van der Waals surface area contributed by atoms with Crippen LogP contribution in [0.3, 0.4) is 0 Å². The van der Waals surface area contributed by atoms with Gasteiger partial charge >= 0.3 is 0 Å². The molecule has 0 unspecified atom stereocenters. The Morgan fingerprint density at radius 3 is 2.72 bits per heavy atom. The Balaban J connectivity index is 2.50. The number of nitrogens with zero attached hydrogens (tertiary/aromatic N) is 3. The van der Waals surface area contributed by atoms with Gasteiger partial charge in [-0.2, -0.15) is 5.26 Å². The molecule has 0 bridgehead atoms. The van der Waals surface area contributed by atoms with Crippen LogP contribution in [0, 0.1) is 18.3 Å². The quantitative estimate of drug-likeness (QED) is 0.873. The zero-order valence-corrected chi connectivity index (χ0v) is 10.4. The van der Waals surface area contributed by atoms with E-state index in [1.807, 2.05) is 43.1 Å². The van der Waals surface area contributed by atoms with Gasteiger partial charge in [-0.25, -0.2) is 4.98 Å². The first-order valence-electron chi connectivity index (χ1n) is 5.58. The summed E-state index contributed by atoms with van der Waals surface area (Å²) in [6.45, 7) is 2.02. The number of anilines is 3. The van der Waals surface area contributed by atoms with E-state index in [9.17, 15) is 0 Å². The third kappa shape index (κ3) is 2.11. The fourth-order valence-electron chi connectivity index (χ4n) is 1.88. The fourth-order valence-corrected chi connectivity index (χ4v) is 1.88. The summed E-state index contributed by atoms with van der Waals surface area (Å²) >= 11 is 0. The van der Waals surface area contributed by atoms with Crippen molar-refractivity contribution in [2.45, 2.75) is 6.92 Å². The second-order valence-corrected chi connectivity index (χ2v) is 4.10. The van der Waals surface area contributed by atoms with Crippen molar-refractivity contribution in [3.05, 3.63) is 47.7 Å². The Morgan fingerprint density at radius 1 is 1.33 bits per heavy atom. The van der Waals surface area contributed by atoms with Gasteiger partial charge in [0, 0.05) is 12.7 Å². The van der Waals surface area contributed by atoms with Crippen molar-refractivity contribution in [2.75, 3.05) is 17.7 Å². The van der Waals surface area contributed by atoms with Crippen LogP contribution in [0.1, 0.15) is 11.1 Å². The van der Waals surface area contributed by atoms with Crippen LogP contribution in [0.25, 0.3) is 0 Å². The van der Waals surface area contributed by atoms with Gasteiger partial charge in [-0.05, 0) is 24.6 Å². The van der Waals surface area contributed by atoms with Crippen LogP contribution in [0.15, 0.2) is 36.5 Å². The normalized spacial score (nSPS) is 9.83. The van der Waals surface area contributed by atoms with E-state index in [1.165, 1.54) is 0 Å². The summed E-state index contributed by atoms with van der Waals surface area (Å²) in [5, 5.41) is 9.14. The topological polar surface area (TPSA) is 65.9 Å². The highest BCUT2D eigenvalue weighted by molar-refractivity contribution is 5.69. The first-order chi connectivity index (χ1) is 8.63. The highest BCUT2D eigenvalue weighted by atomic mass is 15.2. The molecular formula is C14H14N4. The molecule has 4 heteroatoms. The predicted octanol–water partition coefficient (Wildman–Crippen LogP) is 2.61. The molecule has 0 spiro atoms. The summed E-state index contributed by atoms with van der Waals surface area (Å²) in [6.07, 6.45) is 1.56. The van der Waals surface area contributed by atoms with Gasteiger partial charge in [0.15, 0.2) is 5.82 Å². The number of benzene rings is 1. The molecule has 0 fully saturated rings. The lowest BCUT2D eigenvalue weighted by molar-refractivity contribution is 1.11. The number of para-hydroxylation sites is 1. The SMILES string of the molecule is Cc1ccccc1N(C)c1ncc(N)cc1C#N. The van der Waals surface area contributed by atoms with Gasteiger partial charge in [-0.15, -0.1) is 0 Å². The number of rotatable bonds is 2. The number of nitrogens with two attached hydrogens (primary N) is 1. The van der Waals surface area contributed by atoms with Crippen LogP contribution < -0.4 is 10.6 Å². The predicted molar refractivity (Wildman–Crippen MR) is 72.6 cm³/mol. The molecule has 0 radical (unpaired) electrons. The van der Waals surface area contributed by atoms with E-state index in [0.29, 0.717) is 17.1 Å². The van der Waals surface area contributed by atoms with Gasteiger partial charge in [-0.1, -0.05) is 18.2 Å². The van der Waals surface area contributed by atoms with Crippen molar-refractivity contribution in [3.63, 3.8) is 0 Å². The number of hydrogen-bond acceptors (Lipinski definition) is 4.